The highest BCUT2D eigenvalue weighted by Crippen LogP contribution is 2.35. The number of esters is 1. The van der Waals surface area contributed by atoms with E-state index in [4.69, 9.17) is 14.2 Å². The number of carbonyl (C=O) groups is 3. The van der Waals surface area contributed by atoms with Crippen LogP contribution in [0.25, 0.3) is 0 Å². The Hall–Kier alpha value is -4.01. The summed E-state index contributed by atoms with van der Waals surface area (Å²) in [5.74, 6) is -0.169. The topological polar surface area (TPSA) is 115 Å². The third-order valence-electron chi connectivity index (χ3n) is 5.27. The Balaban J connectivity index is 1.90. The van der Waals surface area contributed by atoms with Crippen LogP contribution in [0.1, 0.15) is 37.9 Å². The summed E-state index contributed by atoms with van der Waals surface area (Å²) in [6.45, 7) is 7.18. The first-order valence-electron chi connectivity index (χ1n) is 10.9. The SMILES string of the molecule is CCOC(=O)[C@H](C)Oc1ccc([C@@H]2NC(=O)NC(C)=C2C(=O)Nc2ccc(C)cc2)cc1OC. The molecule has 2 aromatic rings. The van der Waals surface area contributed by atoms with E-state index in [-0.39, 0.29) is 12.5 Å². The number of anilines is 1. The van der Waals surface area contributed by atoms with E-state index in [2.05, 4.69) is 16.0 Å². The zero-order chi connectivity index (χ0) is 24.8. The minimum Gasteiger partial charge on any atom is -0.493 e. The van der Waals surface area contributed by atoms with Gasteiger partial charge in [-0.2, -0.15) is 0 Å². The summed E-state index contributed by atoms with van der Waals surface area (Å²) in [7, 11) is 1.47. The molecule has 3 amide bonds. The fraction of sp³-hybridized carbons (Fsp3) is 0.320. The van der Waals surface area contributed by atoms with E-state index in [9.17, 15) is 14.4 Å². The molecule has 180 valence electrons. The molecule has 34 heavy (non-hydrogen) atoms. The quantitative estimate of drug-likeness (QED) is 0.511. The van der Waals surface area contributed by atoms with E-state index >= 15 is 0 Å². The lowest BCUT2D eigenvalue weighted by Gasteiger charge is -2.29. The number of allylic oxidation sites excluding steroid dienone is 1. The van der Waals surface area contributed by atoms with Crippen LogP contribution in [0.4, 0.5) is 10.5 Å². The molecule has 0 radical (unpaired) electrons. The lowest BCUT2D eigenvalue weighted by Crippen LogP contribution is -2.46. The summed E-state index contributed by atoms with van der Waals surface area (Å²) in [4.78, 5) is 37.3. The van der Waals surface area contributed by atoms with Crippen molar-refractivity contribution in [2.75, 3.05) is 19.0 Å². The molecule has 0 saturated carbocycles. The monoisotopic (exact) mass is 467 g/mol. The van der Waals surface area contributed by atoms with Gasteiger partial charge >= 0.3 is 12.0 Å². The molecule has 1 heterocycles. The average Bonchev–Trinajstić information content (AvgIpc) is 2.80. The number of amides is 3. The Morgan fingerprint density at radius 1 is 1.09 bits per heavy atom. The molecule has 2 atom stereocenters. The predicted molar refractivity (Wildman–Crippen MR) is 127 cm³/mol. The van der Waals surface area contributed by atoms with E-state index < -0.39 is 24.1 Å². The number of benzene rings is 2. The van der Waals surface area contributed by atoms with Gasteiger partial charge in [0.25, 0.3) is 5.91 Å². The smallest absolute Gasteiger partial charge is 0.347 e. The highest BCUT2D eigenvalue weighted by molar-refractivity contribution is 6.06. The number of nitrogens with one attached hydrogen (secondary N) is 3. The fourth-order valence-corrected chi connectivity index (χ4v) is 3.54. The highest BCUT2D eigenvalue weighted by Gasteiger charge is 2.32. The summed E-state index contributed by atoms with van der Waals surface area (Å²) in [6.07, 6.45) is -0.837. The van der Waals surface area contributed by atoms with Gasteiger partial charge in [-0.3, -0.25) is 4.79 Å². The minimum atomic E-state index is -0.837. The van der Waals surface area contributed by atoms with Crippen LogP contribution in [0, 0.1) is 6.92 Å². The highest BCUT2D eigenvalue weighted by atomic mass is 16.6. The first-order chi connectivity index (χ1) is 16.2. The molecular weight excluding hydrogens is 438 g/mol. The zero-order valence-corrected chi connectivity index (χ0v) is 19.9. The maximum atomic E-state index is 13.2. The second-order valence-electron chi connectivity index (χ2n) is 7.81. The number of rotatable bonds is 8. The molecule has 0 unspecified atom stereocenters. The molecule has 0 fully saturated rings. The molecule has 0 spiro atoms. The molecule has 9 nitrogen and oxygen atoms in total. The summed E-state index contributed by atoms with van der Waals surface area (Å²) >= 11 is 0. The van der Waals surface area contributed by atoms with E-state index in [0.717, 1.165) is 5.56 Å². The third-order valence-corrected chi connectivity index (χ3v) is 5.27. The molecule has 2 aromatic carbocycles. The van der Waals surface area contributed by atoms with Crippen LogP contribution < -0.4 is 25.4 Å². The first-order valence-corrected chi connectivity index (χ1v) is 10.9. The van der Waals surface area contributed by atoms with Gasteiger partial charge in [0.1, 0.15) is 0 Å². The average molecular weight is 468 g/mol. The van der Waals surface area contributed by atoms with Crippen molar-refractivity contribution in [3.63, 3.8) is 0 Å². The summed E-state index contributed by atoms with van der Waals surface area (Å²) in [5, 5.41) is 8.33. The third kappa shape index (κ3) is 5.67. The van der Waals surface area contributed by atoms with Gasteiger partial charge in [-0.05, 0) is 57.5 Å². The molecule has 0 saturated heterocycles. The lowest BCUT2D eigenvalue weighted by molar-refractivity contribution is -0.150. The molecule has 9 heteroatoms. The fourth-order valence-electron chi connectivity index (χ4n) is 3.54. The van der Waals surface area contributed by atoms with Gasteiger partial charge in [0.15, 0.2) is 17.6 Å². The van der Waals surface area contributed by atoms with Crippen LogP contribution in [0.15, 0.2) is 53.7 Å². The number of ether oxygens (including phenoxy) is 3. The van der Waals surface area contributed by atoms with Crippen molar-refractivity contribution in [2.24, 2.45) is 0 Å². The standard InChI is InChI=1S/C25H29N3O6/c1-6-33-24(30)16(4)34-19-12-9-17(13-20(19)32-5)22-21(15(3)26-25(31)28-22)23(29)27-18-10-7-14(2)8-11-18/h7-13,16,22H,6H2,1-5H3,(H,27,29)(H2,26,28,31)/t16-,22-/m0/s1. The molecule has 3 N–H and O–H groups in total. The molecule has 0 bridgehead atoms. The normalized spacial score (nSPS) is 16.1. The van der Waals surface area contributed by atoms with Crippen LogP contribution >= 0.6 is 0 Å². The van der Waals surface area contributed by atoms with Gasteiger partial charge in [-0.15, -0.1) is 0 Å². The molecule has 1 aliphatic heterocycles. The summed E-state index contributed by atoms with van der Waals surface area (Å²) in [5.41, 5.74) is 3.12. The number of aryl methyl sites for hydroxylation is 1. The molecular formula is C25H29N3O6. The van der Waals surface area contributed by atoms with Gasteiger partial charge in [-0.1, -0.05) is 23.8 Å². The van der Waals surface area contributed by atoms with Crippen LogP contribution in [-0.2, 0) is 14.3 Å². The molecule has 3 rings (SSSR count). The van der Waals surface area contributed by atoms with Crippen LogP contribution in [0.3, 0.4) is 0 Å². The number of hydrogen-bond donors (Lipinski definition) is 3. The van der Waals surface area contributed by atoms with E-state index in [1.165, 1.54) is 7.11 Å². The Kier molecular flexibility index (Phi) is 7.78. The Bertz CT molecular complexity index is 1110. The van der Waals surface area contributed by atoms with Crippen LogP contribution in [0.2, 0.25) is 0 Å². The molecule has 0 aromatic heterocycles. The van der Waals surface area contributed by atoms with Crippen molar-refractivity contribution in [3.05, 3.63) is 64.9 Å². The van der Waals surface area contributed by atoms with Gasteiger partial charge in [0, 0.05) is 11.4 Å². The van der Waals surface area contributed by atoms with Crippen molar-refractivity contribution >= 4 is 23.6 Å². The maximum Gasteiger partial charge on any atom is 0.347 e. The summed E-state index contributed by atoms with van der Waals surface area (Å²) < 4.78 is 16.1. The zero-order valence-electron chi connectivity index (χ0n) is 19.9. The van der Waals surface area contributed by atoms with E-state index in [1.54, 1.807) is 39.0 Å². The second-order valence-corrected chi connectivity index (χ2v) is 7.81. The second kappa shape index (κ2) is 10.7. The Morgan fingerprint density at radius 3 is 2.44 bits per heavy atom. The van der Waals surface area contributed by atoms with Crippen LogP contribution in [0.5, 0.6) is 11.5 Å². The van der Waals surface area contributed by atoms with Crippen molar-refractivity contribution in [2.45, 2.75) is 39.8 Å². The number of hydrogen-bond acceptors (Lipinski definition) is 6. The maximum absolute atomic E-state index is 13.2. The van der Waals surface area contributed by atoms with Crippen molar-refractivity contribution in [1.82, 2.24) is 10.6 Å². The van der Waals surface area contributed by atoms with Crippen LogP contribution in [-0.4, -0.2) is 37.7 Å². The Morgan fingerprint density at radius 2 is 1.79 bits per heavy atom. The van der Waals surface area contributed by atoms with E-state index in [0.29, 0.717) is 34.0 Å². The van der Waals surface area contributed by atoms with Crippen molar-refractivity contribution in [3.8, 4) is 11.5 Å². The van der Waals surface area contributed by atoms with E-state index in [1.807, 2.05) is 31.2 Å². The Labute approximate surface area is 198 Å². The number of carbonyl (C=O) groups excluding carboxylic acids is 3. The van der Waals surface area contributed by atoms with Crippen molar-refractivity contribution < 1.29 is 28.6 Å². The summed E-state index contributed by atoms with van der Waals surface area (Å²) in [6, 6.07) is 11.3. The largest absolute Gasteiger partial charge is 0.493 e. The predicted octanol–water partition coefficient (Wildman–Crippen LogP) is 3.60. The lowest BCUT2D eigenvalue weighted by atomic mass is 9.94. The molecule has 1 aliphatic rings. The number of methoxy groups -OCH3 is 1. The first kappa shape index (κ1) is 24.6. The minimum absolute atomic E-state index is 0.247. The molecule has 0 aliphatic carbocycles. The number of urea groups is 1. The van der Waals surface area contributed by atoms with Gasteiger partial charge in [0.05, 0.1) is 25.3 Å². The van der Waals surface area contributed by atoms with Gasteiger partial charge < -0.3 is 30.2 Å². The van der Waals surface area contributed by atoms with Gasteiger partial charge in [-0.25, -0.2) is 9.59 Å². The van der Waals surface area contributed by atoms with Gasteiger partial charge in [0.2, 0.25) is 0 Å². The van der Waals surface area contributed by atoms with Crippen molar-refractivity contribution in [1.29, 1.82) is 0 Å².